The van der Waals surface area contributed by atoms with Crippen LogP contribution in [0.2, 0.25) is 0 Å². The molecule has 0 rings (SSSR count). The zero-order valence-corrected chi connectivity index (χ0v) is 16.0. The molecule has 0 saturated heterocycles. The van der Waals surface area contributed by atoms with Gasteiger partial charge in [-0.2, -0.15) is 0 Å². The minimum absolute atomic E-state index is 0.0141. The summed E-state index contributed by atoms with van der Waals surface area (Å²) in [5.74, 6) is -1.57. The Morgan fingerprint density at radius 1 is 0.917 bits per heavy atom. The molecule has 3 N–H and O–H groups in total. The highest BCUT2D eigenvalue weighted by molar-refractivity contribution is 6.01. The lowest BCUT2D eigenvalue weighted by atomic mass is 9.73. The first kappa shape index (κ1) is 22.1. The van der Waals surface area contributed by atoms with E-state index < -0.39 is 17.3 Å². The van der Waals surface area contributed by atoms with Gasteiger partial charge < -0.3 is 15.7 Å². The van der Waals surface area contributed by atoms with Crippen LogP contribution in [0, 0.1) is 10.8 Å². The Balaban J connectivity index is 4.52. The van der Waals surface area contributed by atoms with Crippen molar-refractivity contribution in [1.82, 2.24) is 10.6 Å². The Morgan fingerprint density at radius 2 is 1.42 bits per heavy atom. The van der Waals surface area contributed by atoms with Crippen molar-refractivity contribution in [3.63, 3.8) is 0 Å². The number of carbonyl (C=O) groups excluding carboxylic acids is 2. The lowest BCUT2D eigenvalue weighted by Crippen LogP contribution is -2.43. The highest BCUT2D eigenvalue weighted by Gasteiger charge is 2.35. The molecule has 0 spiro atoms. The first-order valence-electron chi connectivity index (χ1n) is 8.31. The van der Waals surface area contributed by atoms with Gasteiger partial charge in [-0.3, -0.25) is 9.59 Å². The van der Waals surface area contributed by atoms with Crippen molar-refractivity contribution in [2.45, 2.75) is 61.3 Å². The van der Waals surface area contributed by atoms with E-state index in [0.29, 0.717) is 6.54 Å². The molecule has 0 aromatic carbocycles. The van der Waals surface area contributed by atoms with Gasteiger partial charge in [0.25, 0.3) is 0 Å². The van der Waals surface area contributed by atoms with Gasteiger partial charge in [0.15, 0.2) is 0 Å². The van der Waals surface area contributed by atoms with Gasteiger partial charge in [-0.25, -0.2) is 4.79 Å². The molecule has 6 heteroatoms. The quantitative estimate of drug-likeness (QED) is 0.467. The fraction of sp³-hybridized carbons (Fsp3) is 0.722. The molecule has 24 heavy (non-hydrogen) atoms. The van der Waals surface area contributed by atoms with Gasteiger partial charge in [0.05, 0.1) is 0 Å². The highest BCUT2D eigenvalue weighted by Crippen LogP contribution is 2.36. The Hall–Kier alpha value is -1.85. The maximum Gasteiger partial charge on any atom is 0.331 e. The SMILES string of the molecule is CCC(C)(CC(C)(C)C)C(=O)NCCNC(=O)/C(C)=C(/C)C(=O)O. The van der Waals surface area contributed by atoms with E-state index in [2.05, 4.69) is 31.4 Å². The lowest BCUT2D eigenvalue weighted by molar-refractivity contribution is -0.133. The molecular weight excluding hydrogens is 308 g/mol. The summed E-state index contributed by atoms with van der Waals surface area (Å²) in [6, 6.07) is 0. The zero-order chi connectivity index (χ0) is 19.1. The molecule has 0 aliphatic heterocycles. The Kier molecular flexibility index (Phi) is 8.17. The first-order valence-corrected chi connectivity index (χ1v) is 8.31. The van der Waals surface area contributed by atoms with Gasteiger partial charge in [-0.05, 0) is 32.1 Å². The van der Waals surface area contributed by atoms with E-state index in [0.717, 1.165) is 12.8 Å². The van der Waals surface area contributed by atoms with E-state index in [1.54, 1.807) is 0 Å². The van der Waals surface area contributed by atoms with Crippen molar-refractivity contribution >= 4 is 17.8 Å². The number of nitrogens with one attached hydrogen (secondary N) is 2. The average molecular weight is 340 g/mol. The summed E-state index contributed by atoms with van der Waals surface area (Å²) >= 11 is 0. The number of amides is 2. The number of rotatable bonds is 8. The van der Waals surface area contributed by atoms with Crippen molar-refractivity contribution in [2.75, 3.05) is 13.1 Å². The number of hydrogen-bond donors (Lipinski definition) is 3. The largest absolute Gasteiger partial charge is 0.478 e. The standard InChI is InChI=1S/C18H32N2O4/c1-8-18(7,11-17(4,5)6)16(24)20-10-9-19-14(21)12(2)13(3)15(22)23/h8-11H2,1-7H3,(H,19,21)(H,20,24)(H,22,23)/b13-12-. The summed E-state index contributed by atoms with van der Waals surface area (Å²) < 4.78 is 0. The number of carboxylic acid groups (broad SMARTS) is 1. The molecule has 138 valence electrons. The first-order chi connectivity index (χ1) is 10.8. The second-order valence-corrected chi connectivity index (χ2v) is 7.72. The van der Waals surface area contributed by atoms with Crippen LogP contribution in [0.4, 0.5) is 0 Å². The smallest absolute Gasteiger partial charge is 0.331 e. The highest BCUT2D eigenvalue weighted by atomic mass is 16.4. The van der Waals surface area contributed by atoms with Crippen LogP contribution in [0.15, 0.2) is 11.1 Å². The van der Waals surface area contributed by atoms with E-state index in [1.807, 2.05) is 13.8 Å². The molecule has 2 amide bonds. The molecule has 0 aromatic heterocycles. The Bertz CT molecular complexity index is 518. The normalized spacial score (nSPS) is 15.1. The third kappa shape index (κ3) is 7.15. The van der Waals surface area contributed by atoms with E-state index >= 15 is 0 Å². The number of aliphatic carboxylic acids is 1. The van der Waals surface area contributed by atoms with Crippen LogP contribution in [-0.2, 0) is 14.4 Å². The van der Waals surface area contributed by atoms with Gasteiger partial charge in [-0.15, -0.1) is 0 Å². The lowest BCUT2D eigenvalue weighted by Gasteiger charge is -2.33. The van der Waals surface area contributed by atoms with Crippen molar-refractivity contribution in [1.29, 1.82) is 0 Å². The summed E-state index contributed by atoms with van der Waals surface area (Å²) in [4.78, 5) is 35.1. The van der Waals surface area contributed by atoms with Gasteiger partial charge in [0.2, 0.25) is 11.8 Å². The summed E-state index contributed by atoms with van der Waals surface area (Å²) in [5.41, 5.74) is -0.217. The van der Waals surface area contributed by atoms with Crippen LogP contribution < -0.4 is 10.6 Å². The maximum absolute atomic E-state index is 12.4. The van der Waals surface area contributed by atoms with Crippen LogP contribution in [-0.4, -0.2) is 36.0 Å². The van der Waals surface area contributed by atoms with Crippen molar-refractivity contribution in [2.24, 2.45) is 10.8 Å². The third-order valence-corrected chi connectivity index (χ3v) is 4.17. The second-order valence-electron chi connectivity index (χ2n) is 7.72. The summed E-state index contributed by atoms with van der Waals surface area (Å²) in [6.45, 7) is 13.7. The Labute approximate surface area is 145 Å². The van der Waals surface area contributed by atoms with Crippen LogP contribution >= 0.6 is 0 Å². The van der Waals surface area contributed by atoms with E-state index in [1.165, 1.54) is 13.8 Å². The molecule has 0 saturated carbocycles. The minimum atomic E-state index is -1.11. The fourth-order valence-electron chi connectivity index (χ4n) is 2.57. The molecule has 0 aliphatic carbocycles. The van der Waals surface area contributed by atoms with Crippen molar-refractivity contribution < 1.29 is 19.5 Å². The van der Waals surface area contributed by atoms with Gasteiger partial charge in [0, 0.05) is 29.7 Å². The van der Waals surface area contributed by atoms with Gasteiger partial charge in [0.1, 0.15) is 0 Å². The van der Waals surface area contributed by atoms with Crippen molar-refractivity contribution in [3.05, 3.63) is 11.1 Å². The molecule has 6 nitrogen and oxygen atoms in total. The van der Waals surface area contributed by atoms with Crippen LogP contribution in [0.5, 0.6) is 0 Å². The molecule has 1 unspecified atom stereocenters. The predicted octanol–water partition coefficient (Wildman–Crippen LogP) is 2.49. The molecule has 0 aromatic rings. The summed E-state index contributed by atoms with van der Waals surface area (Å²) in [7, 11) is 0. The van der Waals surface area contributed by atoms with Crippen LogP contribution in [0.3, 0.4) is 0 Å². The number of carboxylic acids is 1. The zero-order valence-electron chi connectivity index (χ0n) is 16.0. The Morgan fingerprint density at radius 3 is 1.83 bits per heavy atom. The fourth-order valence-corrected chi connectivity index (χ4v) is 2.57. The second kappa shape index (κ2) is 8.85. The van der Waals surface area contributed by atoms with Crippen molar-refractivity contribution in [3.8, 4) is 0 Å². The van der Waals surface area contributed by atoms with Crippen LogP contribution in [0.25, 0.3) is 0 Å². The van der Waals surface area contributed by atoms with Gasteiger partial charge >= 0.3 is 5.97 Å². The monoisotopic (exact) mass is 340 g/mol. The average Bonchev–Trinajstić information content (AvgIpc) is 2.47. The third-order valence-electron chi connectivity index (χ3n) is 4.17. The predicted molar refractivity (Wildman–Crippen MR) is 94.5 cm³/mol. The topological polar surface area (TPSA) is 95.5 Å². The molecule has 0 fully saturated rings. The molecule has 1 atom stereocenters. The number of carbonyl (C=O) groups is 3. The van der Waals surface area contributed by atoms with E-state index in [9.17, 15) is 14.4 Å². The molecular formula is C18H32N2O4. The molecule has 0 bridgehead atoms. The van der Waals surface area contributed by atoms with E-state index in [4.69, 9.17) is 5.11 Å². The minimum Gasteiger partial charge on any atom is -0.478 e. The van der Waals surface area contributed by atoms with E-state index in [-0.39, 0.29) is 29.0 Å². The maximum atomic E-state index is 12.4. The molecule has 0 aliphatic rings. The van der Waals surface area contributed by atoms with Gasteiger partial charge in [-0.1, -0.05) is 34.6 Å². The summed E-state index contributed by atoms with van der Waals surface area (Å²) in [6.07, 6.45) is 1.51. The number of hydrogen-bond acceptors (Lipinski definition) is 3. The molecule has 0 heterocycles. The molecule has 0 radical (unpaired) electrons. The van der Waals surface area contributed by atoms with Crippen LogP contribution in [0.1, 0.15) is 61.3 Å². The summed E-state index contributed by atoms with van der Waals surface area (Å²) in [5, 5.41) is 14.3.